The minimum Gasteiger partial charge on any atom is -0.477 e. The van der Waals surface area contributed by atoms with E-state index in [1.807, 2.05) is 0 Å². The number of carboxylic acids is 1. The number of carbonyl (C=O) groups is 2. The second-order valence-electron chi connectivity index (χ2n) is 22.3. The quantitative estimate of drug-likeness (QED) is 0.0427. The van der Waals surface area contributed by atoms with Crippen molar-refractivity contribution in [2.45, 2.75) is 240 Å². The van der Waals surface area contributed by atoms with Crippen molar-refractivity contribution >= 4 is 11.9 Å². The fraction of sp³-hybridized carbons (Fsp3) is 0.958. The maximum atomic E-state index is 12.5. The van der Waals surface area contributed by atoms with Crippen molar-refractivity contribution in [1.82, 2.24) is 5.32 Å². The van der Waals surface area contributed by atoms with E-state index >= 15 is 0 Å². The summed E-state index contributed by atoms with van der Waals surface area (Å²) in [7, 11) is 0. The van der Waals surface area contributed by atoms with Gasteiger partial charge in [0.15, 0.2) is 37.7 Å². The van der Waals surface area contributed by atoms with Gasteiger partial charge in [-0.3, -0.25) is 4.79 Å². The van der Waals surface area contributed by atoms with Crippen LogP contribution in [0.5, 0.6) is 0 Å². The van der Waals surface area contributed by atoms with Crippen molar-refractivity contribution in [3.8, 4) is 0 Å². The van der Waals surface area contributed by atoms with Gasteiger partial charge in [0.2, 0.25) is 5.91 Å². The topological polar surface area (TPSA) is 672 Å². The summed E-state index contributed by atoms with van der Waals surface area (Å²) < 4.78 is 74.7. The van der Waals surface area contributed by atoms with Crippen molar-refractivity contribution in [2.24, 2.45) is 0 Å². The van der Waals surface area contributed by atoms with Gasteiger partial charge in [-0.15, -0.1) is 0 Å². The average Bonchev–Trinajstić information content (AvgIpc) is 1.02. The van der Waals surface area contributed by atoms with E-state index in [1.54, 1.807) is 0 Å². The van der Waals surface area contributed by atoms with Crippen LogP contribution in [0.15, 0.2) is 0 Å². The van der Waals surface area contributed by atoms with Crippen LogP contribution in [0.1, 0.15) is 13.3 Å². The zero-order valence-electron chi connectivity index (χ0n) is 46.7. The molecule has 7 heterocycles. The van der Waals surface area contributed by atoms with Crippen LogP contribution in [0.25, 0.3) is 0 Å². The first-order valence-corrected chi connectivity index (χ1v) is 27.9. The Hall–Kier alpha value is -2.54. The van der Waals surface area contributed by atoms with Crippen molar-refractivity contribution < 1.29 is 199 Å². The third-order valence-electron chi connectivity index (χ3n) is 16.2. The van der Waals surface area contributed by atoms with Crippen LogP contribution >= 0.6 is 0 Å². The van der Waals surface area contributed by atoms with E-state index < -0.39 is 291 Å². The van der Waals surface area contributed by atoms with Crippen molar-refractivity contribution in [3.05, 3.63) is 0 Å². The molecule has 1 unspecified atom stereocenters. The lowest BCUT2D eigenvalue weighted by Gasteiger charge is -2.52. The SMILES string of the molecule is CC(=O)N[C@H]1[C@@H](O[C@@H]2[C@@H](O[C@@H]3[C@H](O)[C@@H](O[C@H]4[C@@H]([C@H](O)CO)OC(O)(C(=O)O)C[C@H]4O)O[C@H]([C@@H](O)CO)[C@H]3O[C@@H]3O[C@H](CO)[C@@H](O[C@@H]4O[C@H](CO)[C@@H](O[C@@H]5O[C@H](CO)[C@H](O)[C@H](O)[C@H]5O)[C@H](O)[C@H]4O)[C@H](O)[C@H]3O)O[C@H]([C@@H](O)CO)[C@@H](O)[C@@H]2O)O[C@H](CO)[C@@H](O)[C@@H]1O. The summed E-state index contributed by atoms with van der Waals surface area (Å²) in [6.45, 7) is -7.21. The Morgan fingerprint density at radius 3 is 1.28 bits per heavy atom. The van der Waals surface area contributed by atoms with Gasteiger partial charge in [0.25, 0.3) is 5.79 Å². The number of ether oxygens (including phenoxy) is 13. The van der Waals surface area contributed by atoms with E-state index in [0.29, 0.717) is 0 Å². The molecule has 0 saturated carbocycles. The molecule has 0 radical (unpaired) electrons. The van der Waals surface area contributed by atoms with Gasteiger partial charge in [-0.1, -0.05) is 0 Å². The highest BCUT2D eigenvalue weighted by molar-refractivity contribution is 5.75. The molecule has 41 nitrogen and oxygen atoms in total. The molecule has 26 N–H and O–H groups in total. The van der Waals surface area contributed by atoms with Gasteiger partial charge in [-0.2, -0.15) is 0 Å². The Morgan fingerprint density at radius 2 is 0.798 bits per heavy atom. The molecule has 89 heavy (non-hydrogen) atoms. The van der Waals surface area contributed by atoms with E-state index in [4.69, 9.17) is 61.6 Å². The van der Waals surface area contributed by atoms with Crippen LogP contribution in [0, 0.1) is 0 Å². The summed E-state index contributed by atoms with van der Waals surface area (Å²) in [4.78, 5) is 24.5. The lowest BCUT2D eigenvalue weighted by atomic mass is 9.91. The summed E-state index contributed by atoms with van der Waals surface area (Å²) in [5, 5.41) is 273. The number of carbonyl (C=O) groups excluding carboxylic acids is 1. The van der Waals surface area contributed by atoms with Crippen molar-refractivity contribution in [1.29, 1.82) is 0 Å². The number of aliphatic carboxylic acids is 1. The summed E-state index contributed by atoms with van der Waals surface area (Å²) in [6, 6.07) is -1.83. The van der Waals surface area contributed by atoms with E-state index in [2.05, 4.69) is 5.32 Å². The van der Waals surface area contributed by atoms with E-state index in [9.17, 15) is 137 Å². The highest BCUT2D eigenvalue weighted by atomic mass is 16.8. The van der Waals surface area contributed by atoms with Gasteiger partial charge < -0.3 is 195 Å². The summed E-state index contributed by atoms with van der Waals surface area (Å²) in [5.41, 5.74) is 0. The zero-order valence-corrected chi connectivity index (χ0v) is 46.7. The smallest absolute Gasteiger partial charge is 0.364 e. The molecule has 41 heteroatoms. The first-order chi connectivity index (χ1) is 41.9. The molecule has 37 atom stereocenters. The maximum absolute atomic E-state index is 12.5. The molecule has 7 aliphatic rings. The molecule has 7 rings (SSSR count). The Kier molecular flexibility index (Phi) is 26.0. The van der Waals surface area contributed by atoms with Gasteiger partial charge in [-0.05, 0) is 0 Å². The Bertz CT molecular complexity index is 2220. The third kappa shape index (κ3) is 15.6. The molecule has 0 aromatic carbocycles. The third-order valence-corrected chi connectivity index (χ3v) is 16.2. The molecule has 1 amide bonds. The van der Waals surface area contributed by atoms with Gasteiger partial charge in [0.05, 0.1) is 52.4 Å². The molecule has 7 fully saturated rings. The number of amides is 1. The number of nitrogens with one attached hydrogen (secondary N) is 1. The Labute approximate surface area is 501 Å². The lowest BCUT2D eigenvalue weighted by molar-refractivity contribution is -0.415. The normalized spacial score (nSPS) is 49.3. The second kappa shape index (κ2) is 31.3. The molecular weight excluding hydrogens is 1230 g/mol. The first-order valence-electron chi connectivity index (χ1n) is 27.9. The van der Waals surface area contributed by atoms with Crippen LogP contribution in [0.2, 0.25) is 0 Å². The van der Waals surface area contributed by atoms with Crippen molar-refractivity contribution in [2.75, 3.05) is 46.2 Å². The number of aliphatic hydroxyl groups excluding tert-OH is 23. The number of hydrogen-bond acceptors (Lipinski definition) is 39. The second-order valence-corrected chi connectivity index (χ2v) is 22.3. The molecule has 7 aliphatic heterocycles. The predicted octanol–water partition coefficient (Wildman–Crippen LogP) is -17.6. The lowest BCUT2D eigenvalue weighted by Crippen LogP contribution is -2.71. The average molecular weight is 1310 g/mol. The maximum Gasteiger partial charge on any atom is 0.364 e. The van der Waals surface area contributed by atoms with Gasteiger partial charge in [0, 0.05) is 13.3 Å². The van der Waals surface area contributed by atoms with E-state index in [0.717, 1.165) is 6.92 Å². The van der Waals surface area contributed by atoms with Crippen LogP contribution in [0.3, 0.4) is 0 Å². The summed E-state index contributed by atoms with van der Waals surface area (Å²) in [5.74, 6) is -6.29. The molecule has 0 bridgehead atoms. The largest absolute Gasteiger partial charge is 0.477 e. The standard InChI is InChI=1S/C48H81NO40/c1-10(57)49-19-22(64)20(62)15(6-53)77-41(19)87-39-25(67)24(66)32(12(59)3-50)81-46(39)86-38-31(73)45(82-33-11(58)2-48(76,47(74)75)89-35(33)14(61)5-52)83-34(13(60)4-51)40(38)88-44-30(72)27(69)37(18(9-56)80-44)85-43-29(71)26(68)36(17(8-55)79-43)84-42-28(70)23(65)21(63)16(7-54)78-42/h11-46,50-56,58-73,76H,2-9H2,1H3,(H,49,57)(H,74,75)/t11-,12+,13+,14-,15-,16-,17-,18-,19-,20-,21+,22-,23+,24+,25+,26-,27-,28-,29-,30-,31+,32-,33-,34-,35-,36-,37-,38-,39+,40-,41-,42+,43+,44+,45+,46-,48?/m1/s1. The minimum absolute atomic E-state index is 0.899. The number of hydrogen-bond donors (Lipinski definition) is 26. The van der Waals surface area contributed by atoms with Gasteiger partial charge in [-0.25, -0.2) is 4.79 Å². The summed E-state index contributed by atoms with van der Waals surface area (Å²) in [6.07, 6.45) is -77.9. The van der Waals surface area contributed by atoms with Gasteiger partial charge >= 0.3 is 5.97 Å². The first kappa shape index (κ1) is 73.9. The predicted molar refractivity (Wildman–Crippen MR) is 267 cm³/mol. The molecule has 518 valence electrons. The fourth-order valence-corrected chi connectivity index (χ4v) is 11.3. The molecule has 0 aliphatic carbocycles. The van der Waals surface area contributed by atoms with Gasteiger partial charge in [0.1, 0.15) is 177 Å². The van der Waals surface area contributed by atoms with Crippen LogP contribution in [-0.2, 0) is 71.2 Å². The Balaban J connectivity index is 1.23. The number of rotatable bonds is 24. The summed E-state index contributed by atoms with van der Waals surface area (Å²) >= 11 is 0. The molecule has 7 saturated heterocycles. The van der Waals surface area contributed by atoms with Crippen molar-refractivity contribution in [3.63, 3.8) is 0 Å². The highest BCUT2D eigenvalue weighted by Crippen LogP contribution is 2.41. The number of carboxylic acid groups (broad SMARTS) is 1. The van der Waals surface area contributed by atoms with Crippen LogP contribution in [-0.4, -0.2) is 412 Å². The highest BCUT2D eigenvalue weighted by Gasteiger charge is 2.62. The van der Waals surface area contributed by atoms with E-state index in [1.165, 1.54) is 0 Å². The van der Waals surface area contributed by atoms with Crippen LogP contribution < -0.4 is 5.32 Å². The van der Waals surface area contributed by atoms with E-state index in [-0.39, 0.29) is 0 Å². The zero-order chi connectivity index (χ0) is 66.0. The molecular formula is C48H81NO40. The minimum atomic E-state index is -3.28. The molecule has 0 aromatic rings. The monoisotopic (exact) mass is 1310 g/mol. The van der Waals surface area contributed by atoms with Crippen LogP contribution in [0.4, 0.5) is 0 Å². The Morgan fingerprint density at radius 1 is 0.416 bits per heavy atom. The fourth-order valence-electron chi connectivity index (χ4n) is 11.3. The molecule has 0 spiro atoms. The molecule has 0 aromatic heterocycles. The number of aliphatic hydroxyl groups is 24.